The first-order valence-corrected chi connectivity index (χ1v) is 9.48. The Bertz CT molecular complexity index is 1030. The van der Waals surface area contributed by atoms with Crippen LogP contribution in [0.25, 0.3) is 21.3 Å². The molecule has 0 spiro atoms. The van der Waals surface area contributed by atoms with Gasteiger partial charge in [-0.1, -0.05) is 26.0 Å². The minimum atomic E-state index is -0.0318. The van der Waals surface area contributed by atoms with E-state index in [0.29, 0.717) is 24.8 Å². The van der Waals surface area contributed by atoms with Crippen LogP contribution in [0.2, 0.25) is 0 Å². The highest BCUT2D eigenvalue weighted by Gasteiger charge is 2.18. The molecule has 0 unspecified atom stereocenters. The summed E-state index contributed by atoms with van der Waals surface area (Å²) in [6, 6.07) is 9.84. The molecule has 1 aromatic carbocycles. The summed E-state index contributed by atoms with van der Waals surface area (Å²) in [5.41, 5.74) is 1.79. The fraction of sp³-hybridized carbons (Fsp3) is 0.350. The summed E-state index contributed by atoms with van der Waals surface area (Å²) in [5, 5.41) is 11.4. The summed E-state index contributed by atoms with van der Waals surface area (Å²) < 4.78 is 7.05. The van der Waals surface area contributed by atoms with Crippen molar-refractivity contribution < 1.29 is 4.74 Å². The lowest BCUT2D eigenvalue weighted by Gasteiger charge is -2.14. The molecule has 0 aliphatic heterocycles. The molecule has 26 heavy (non-hydrogen) atoms. The number of methoxy groups -OCH3 is 1. The highest BCUT2D eigenvalue weighted by atomic mass is 32.1. The fourth-order valence-electron chi connectivity index (χ4n) is 3.02. The number of nitrogens with zero attached hydrogens (tertiary/aromatic N) is 3. The van der Waals surface area contributed by atoms with Crippen LogP contribution in [0, 0.1) is 11.3 Å². The quantitative estimate of drug-likeness (QED) is 0.599. The lowest BCUT2D eigenvalue weighted by atomic mass is 10.1. The van der Waals surface area contributed by atoms with Crippen molar-refractivity contribution >= 4 is 21.6 Å². The molecular formula is C20H21N3O2S. The first-order valence-electron chi connectivity index (χ1n) is 8.60. The summed E-state index contributed by atoms with van der Waals surface area (Å²) in [5.74, 6) is 1.67. The van der Waals surface area contributed by atoms with Gasteiger partial charge in [0.2, 0.25) is 0 Å². The molecule has 0 radical (unpaired) electrons. The average Bonchev–Trinajstić information content (AvgIpc) is 3.07. The summed E-state index contributed by atoms with van der Waals surface area (Å²) in [4.78, 5) is 18.8. The Morgan fingerprint density at radius 1 is 1.38 bits per heavy atom. The van der Waals surface area contributed by atoms with Crippen molar-refractivity contribution in [2.24, 2.45) is 0 Å². The first-order chi connectivity index (χ1) is 12.6. The first kappa shape index (κ1) is 18.2. The number of ether oxygens (including phenoxy) is 1. The fourth-order valence-corrected chi connectivity index (χ4v) is 3.96. The number of fused-ring (bicyclic) bond motifs is 1. The lowest BCUT2D eigenvalue weighted by Crippen LogP contribution is -2.26. The van der Waals surface area contributed by atoms with Gasteiger partial charge >= 0.3 is 0 Å². The van der Waals surface area contributed by atoms with Gasteiger partial charge in [0.1, 0.15) is 16.4 Å². The molecular weight excluding hydrogens is 346 g/mol. The van der Waals surface area contributed by atoms with Gasteiger partial charge in [-0.25, -0.2) is 4.98 Å². The maximum atomic E-state index is 13.3. The zero-order valence-electron chi connectivity index (χ0n) is 15.2. The molecule has 0 N–H and O–H groups in total. The van der Waals surface area contributed by atoms with Crippen LogP contribution in [0.4, 0.5) is 0 Å². The van der Waals surface area contributed by atoms with Gasteiger partial charge in [0.05, 0.1) is 18.6 Å². The number of hydrogen-bond donors (Lipinski definition) is 0. The second-order valence-corrected chi connectivity index (χ2v) is 7.26. The molecule has 0 atom stereocenters. The summed E-state index contributed by atoms with van der Waals surface area (Å²) in [6.45, 7) is 4.58. The molecule has 3 aromatic rings. The van der Waals surface area contributed by atoms with Gasteiger partial charge in [-0.2, -0.15) is 5.26 Å². The van der Waals surface area contributed by atoms with E-state index in [0.717, 1.165) is 27.5 Å². The van der Waals surface area contributed by atoms with Crippen LogP contribution < -0.4 is 10.3 Å². The molecule has 3 rings (SSSR count). The Kier molecular flexibility index (Phi) is 5.38. The molecule has 5 nitrogen and oxygen atoms in total. The van der Waals surface area contributed by atoms with Gasteiger partial charge in [-0.3, -0.25) is 9.36 Å². The largest absolute Gasteiger partial charge is 0.497 e. The van der Waals surface area contributed by atoms with E-state index < -0.39 is 0 Å². The second kappa shape index (κ2) is 7.71. The summed E-state index contributed by atoms with van der Waals surface area (Å²) in [7, 11) is 1.63. The van der Waals surface area contributed by atoms with E-state index in [4.69, 9.17) is 15.0 Å². The van der Waals surface area contributed by atoms with E-state index in [9.17, 15) is 4.79 Å². The molecule has 0 aliphatic carbocycles. The van der Waals surface area contributed by atoms with Gasteiger partial charge in [0.25, 0.3) is 5.56 Å². The molecule has 0 saturated heterocycles. The molecule has 2 aromatic heterocycles. The van der Waals surface area contributed by atoms with Crippen molar-refractivity contribution in [3.05, 3.63) is 45.8 Å². The highest BCUT2D eigenvalue weighted by Crippen LogP contribution is 2.33. The predicted molar refractivity (Wildman–Crippen MR) is 105 cm³/mol. The molecule has 0 fully saturated rings. The third kappa shape index (κ3) is 3.35. The van der Waals surface area contributed by atoms with E-state index in [1.807, 2.05) is 43.5 Å². The molecule has 0 aliphatic rings. The normalized spacial score (nSPS) is 11.0. The van der Waals surface area contributed by atoms with Gasteiger partial charge in [-0.05, 0) is 24.1 Å². The Balaban J connectivity index is 2.20. The SMILES string of the molecule is COc1cccc(-c2csc3nc(C(C)C)n(CCCC#N)c(=O)c23)c1. The summed E-state index contributed by atoms with van der Waals surface area (Å²) in [6.07, 6.45) is 1.07. The van der Waals surface area contributed by atoms with Gasteiger partial charge in [-0.15, -0.1) is 11.3 Å². The van der Waals surface area contributed by atoms with E-state index >= 15 is 0 Å². The topological polar surface area (TPSA) is 67.9 Å². The number of hydrogen-bond acceptors (Lipinski definition) is 5. The van der Waals surface area contributed by atoms with Gasteiger partial charge < -0.3 is 4.74 Å². The maximum absolute atomic E-state index is 13.3. The number of benzene rings is 1. The predicted octanol–water partition coefficient (Wildman–Crippen LogP) is 4.56. The Morgan fingerprint density at radius 2 is 2.19 bits per heavy atom. The molecule has 134 valence electrons. The second-order valence-electron chi connectivity index (χ2n) is 6.40. The number of rotatable bonds is 6. The van der Waals surface area contributed by atoms with Gasteiger partial charge in [0, 0.05) is 29.8 Å². The van der Waals surface area contributed by atoms with E-state index in [1.165, 1.54) is 11.3 Å². The lowest BCUT2D eigenvalue weighted by molar-refractivity contribution is 0.415. The van der Waals surface area contributed by atoms with E-state index in [1.54, 1.807) is 11.7 Å². The standard InChI is InChI=1S/C20H21N3O2S/c1-13(2)18-22-19-17(20(24)23(18)10-5-4-9-21)16(12-26-19)14-7-6-8-15(11-14)25-3/h6-8,11-13H,4-5,10H2,1-3H3. The highest BCUT2D eigenvalue weighted by molar-refractivity contribution is 7.17. The average molecular weight is 367 g/mol. The van der Waals surface area contributed by atoms with Crippen molar-refractivity contribution in [1.29, 1.82) is 5.26 Å². The third-order valence-electron chi connectivity index (χ3n) is 4.29. The van der Waals surface area contributed by atoms with Crippen LogP contribution in [0.15, 0.2) is 34.4 Å². The van der Waals surface area contributed by atoms with Crippen LogP contribution >= 0.6 is 11.3 Å². The maximum Gasteiger partial charge on any atom is 0.262 e. The zero-order valence-corrected chi connectivity index (χ0v) is 16.0. The molecule has 0 bridgehead atoms. The molecule has 6 heteroatoms. The molecule has 2 heterocycles. The summed E-state index contributed by atoms with van der Waals surface area (Å²) >= 11 is 1.49. The van der Waals surface area contributed by atoms with Crippen molar-refractivity contribution in [2.75, 3.05) is 7.11 Å². The van der Waals surface area contributed by atoms with Crippen LogP contribution in [0.3, 0.4) is 0 Å². The van der Waals surface area contributed by atoms with Crippen molar-refractivity contribution in [1.82, 2.24) is 9.55 Å². The van der Waals surface area contributed by atoms with Crippen LogP contribution in [0.5, 0.6) is 5.75 Å². The number of unbranched alkanes of at least 4 members (excludes halogenated alkanes) is 1. The monoisotopic (exact) mass is 367 g/mol. The zero-order chi connectivity index (χ0) is 18.7. The Labute approximate surface area is 156 Å². The number of nitriles is 1. The Morgan fingerprint density at radius 3 is 2.88 bits per heavy atom. The van der Waals surface area contributed by atoms with Crippen LogP contribution in [-0.4, -0.2) is 16.7 Å². The number of thiophene rings is 1. The van der Waals surface area contributed by atoms with Crippen molar-refractivity contribution in [3.63, 3.8) is 0 Å². The number of aromatic nitrogens is 2. The van der Waals surface area contributed by atoms with Crippen molar-refractivity contribution in [3.8, 4) is 22.9 Å². The third-order valence-corrected chi connectivity index (χ3v) is 5.16. The smallest absolute Gasteiger partial charge is 0.262 e. The van der Waals surface area contributed by atoms with Gasteiger partial charge in [0.15, 0.2) is 0 Å². The van der Waals surface area contributed by atoms with E-state index in [2.05, 4.69) is 6.07 Å². The molecule has 0 saturated carbocycles. The van der Waals surface area contributed by atoms with E-state index in [-0.39, 0.29) is 11.5 Å². The van der Waals surface area contributed by atoms with Crippen molar-refractivity contribution in [2.45, 2.75) is 39.2 Å². The minimum absolute atomic E-state index is 0.0318. The Hall–Kier alpha value is -2.65. The van der Waals surface area contributed by atoms with Crippen LogP contribution in [-0.2, 0) is 6.54 Å². The van der Waals surface area contributed by atoms with Crippen LogP contribution in [0.1, 0.15) is 38.4 Å². The minimum Gasteiger partial charge on any atom is -0.497 e. The molecule has 0 amide bonds.